The molecule has 14 heavy (non-hydrogen) atoms. The molecule has 3 heteroatoms. The van der Waals surface area contributed by atoms with Crippen molar-refractivity contribution in [2.24, 2.45) is 0 Å². The normalized spacial score (nSPS) is 14.4. The predicted octanol–water partition coefficient (Wildman–Crippen LogP) is 2.70. The molecule has 0 saturated heterocycles. The van der Waals surface area contributed by atoms with Gasteiger partial charge in [0.15, 0.2) is 0 Å². The topological polar surface area (TPSA) is 40.5 Å². The molecule has 0 aromatic carbocycles. The van der Waals surface area contributed by atoms with Crippen molar-refractivity contribution in [3.63, 3.8) is 0 Å². The maximum atomic E-state index is 9.57. The number of alkyl halides is 1. The largest absolute Gasteiger partial charge is 0.393 e. The van der Waals surface area contributed by atoms with Crippen LogP contribution in [-0.2, 0) is 0 Å². The third-order valence-electron chi connectivity index (χ3n) is 2.26. The summed E-state index contributed by atoms with van der Waals surface area (Å²) < 4.78 is 0. The summed E-state index contributed by atoms with van der Waals surface area (Å²) in [7, 11) is 0. The van der Waals surface area contributed by atoms with Crippen LogP contribution in [0.1, 0.15) is 52.4 Å². The second-order valence-electron chi connectivity index (χ2n) is 4.54. The van der Waals surface area contributed by atoms with Gasteiger partial charge in [0.05, 0.1) is 11.7 Å². The minimum absolute atomic E-state index is 0.267. The Bertz CT molecular complexity index is 132. The summed E-state index contributed by atoms with van der Waals surface area (Å²) in [5, 5.41) is 19.0. The van der Waals surface area contributed by atoms with Crippen LogP contribution in [0.3, 0.4) is 0 Å². The zero-order valence-corrected chi connectivity index (χ0v) is 10.1. The molecule has 0 saturated carbocycles. The Kier molecular flexibility index (Phi) is 7.61. The Hall–Kier alpha value is 0.210. The van der Waals surface area contributed by atoms with Gasteiger partial charge in [-0.3, -0.25) is 0 Å². The zero-order chi connectivity index (χ0) is 11.0. The molecule has 0 spiro atoms. The first-order chi connectivity index (χ1) is 6.45. The Morgan fingerprint density at radius 2 is 1.79 bits per heavy atom. The van der Waals surface area contributed by atoms with E-state index in [-0.39, 0.29) is 6.10 Å². The maximum absolute atomic E-state index is 9.57. The summed E-state index contributed by atoms with van der Waals surface area (Å²) in [5.74, 6) is 0.708. The van der Waals surface area contributed by atoms with Crippen molar-refractivity contribution in [2.45, 2.75) is 64.1 Å². The molecule has 0 aliphatic heterocycles. The summed E-state index contributed by atoms with van der Waals surface area (Å²) >= 11 is 5.54. The van der Waals surface area contributed by atoms with E-state index in [0.717, 1.165) is 25.7 Å². The van der Waals surface area contributed by atoms with E-state index >= 15 is 0 Å². The van der Waals surface area contributed by atoms with Crippen LogP contribution in [0.4, 0.5) is 0 Å². The summed E-state index contributed by atoms with van der Waals surface area (Å²) in [6, 6.07) is 0. The van der Waals surface area contributed by atoms with Crippen molar-refractivity contribution in [2.75, 3.05) is 5.88 Å². The van der Waals surface area contributed by atoms with Crippen LogP contribution in [0.15, 0.2) is 0 Å². The van der Waals surface area contributed by atoms with Gasteiger partial charge in [-0.25, -0.2) is 0 Å². The Balaban J connectivity index is 3.32. The molecule has 2 nitrogen and oxygen atoms in total. The third-order valence-corrected chi connectivity index (χ3v) is 2.53. The van der Waals surface area contributed by atoms with Crippen LogP contribution in [-0.4, -0.2) is 27.8 Å². The van der Waals surface area contributed by atoms with Crippen molar-refractivity contribution in [3.8, 4) is 0 Å². The molecule has 0 bridgehead atoms. The monoisotopic (exact) mass is 222 g/mol. The highest BCUT2D eigenvalue weighted by molar-refractivity contribution is 6.17. The van der Waals surface area contributed by atoms with Crippen molar-refractivity contribution >= 4 is 11.6 Å². The molecule has 2 N–H and O–H groups in total. The first-order valence-corrected chi connectivity index (χ1v) is 5.95. The minimum Gasteiger partial charge on any atom is -0.393 e. The molecule has 0 unspecified atom stereocenters. The van der Waals surface area contributed by atoms with Gasteiger partial charge in [0, 0.05) is 5.88 Å². The number of halogens is 1. The SMILES string of the molecule is CC(C)(O)CC[C@H](O)CCCCCCl. The van der Waals surface area contributed by atoms with Gasteiger partial charge in [-0.15, -0.1) is 11.6 Å². The number of hydrogen-bond donors (Lipinski definition) is 2. The lowest BCUT2D eigenvalue weighted by Gasteiger charge is -2.19. The quantitative estimate of drug-likeness (QED) is 0.490. The Labute approximate surface area is 92.3 Å². The summed E-state index contributed by atoms with van der Waals surface area (Å²) in [4.78, 5) is 0. The number of unbranched alkanes of at least 4 members (excludes halogenated alkanes) is 2. The summed E-state index contributed by atoms with van der Waals surface area (Å²) in [6.45, 7) is 3.54. The zero-order valence-electron chi connectivity index (χ0n) is 9.30. The molecular weight excluding hydrogens is 200 g/mol. The highest BCUT2D eigenvalue weighted by Gasteiger charge is 2.14. The van der Waals surface area contributed by atoms with E-state index in [4.69, 9.17) is 11.6 Å². The Morgan fingerprint density at radius 3 is 2.29 bits per heavy atom. The van der Waals surface area contributed by atoms with E-state index in [1.54, 1.807) is 13.8 Å². The summed E-state index contributed by atoms with van der Waals surface area (Å²) in [5.41, 5.74) is -0.656. The van der Waals surface area contributed by atoms with E-state index in [2.05, 4.69) is 0 Å². The van der Waals surface area contributed by atoms with E-state index < -0.39 is 5.60 Å². The second kappa shape index (κ2) is 7.49. The van der Waals surface area contributed by atoms with E-state index in [9.17, 15) is 10.2 Å². The molecular formula is C11H23ClO2. The van der Waals surface area contributed by atoms with Crippen LogP contribution < -0.4 is 0 Å². The highest BCUT2D eigenvalue weighted by Crippen LogP contribution is 2.15. The van der Waals surface area contributed by atoms with Gasteiger partial charge >= 0.3 is 0 Å². The molecule has 0 radical (unpaired) electrons. The minimum atomic E-state index is -0.656. The van der Waals surface area contributed by atoms with Gasteiger partial charge in [-0.1, -0.05) is 12.8 Å². The smallest absolute Gasteiger partial charge is 0.0592 e. The number of aliphatic hydroxyl groups excluding tert-OH is 1. The molecule has 86 valence electrons. The van der Waals surface area contributed by atoms with Gasteiger partial charge in [-0.2, -0.15) is 0 Å². The molecule has 1 atom stereocenters. The fraction of sp³-hybridized carbons (Fsp3) is 1.00. The van der Waals surface area contributed by atoms with E-state index in [1.165, 1.54) is 0 Å². The highest BCUT2D eigenvalue weighted by atomic mass is 35.5. The van der Waals surface area contributed by atoms with Gasteiger partial charge in [0.2, 0.25) is 0 Å². The molecule has 0 aliphatic carbocycles. The van der Waals surface area contributed by atoms with Gasteiger partial charge in [-0.05, 0) is 39.5 Å². The van der Waals surface area contributed by atoms with Gasteiger partial charge in [0.1, 0.15) is 0 Å². The van der Waals surface area contributed by atoms with Gasteiger partial charge in [0.25, 0.3) is 0 Å². The number of rotatable bonds is 8. The van der Waals surface area contributed by atoms with Crippen molar-refractivity contribution in [1.82, 2.24) is 0 Å². The molecule has 0 aliphatic rings. The third kappa shape index (κ3) is 10.3. The maximum Gasteiger partial charge on any atom is 0.0592 e. The fourth-order valence-electron chi connectivity index (χ4n) is 1.32. The first-order valence-electron chi connectivity index (χ1n) is 5.42. The molecule has 0 fully saturated rings. The van der Waals surface area contributed by atoms with Crippen LogP contribution >= 0.6 is 11.6 Å². The number of hydrogen-bond acceptors (Lipinski definition) is 2. The van der Waals surface area contributed by atoms with E-state index in [0.29, 0.717) is 18.7 Å². The van der Waals surface area contributed by atoms with Crippen molar-refractivity contribution < 1.29 is 10.2 Å². The fourth-order valence-corrected chi connectivity index (χ4v) is 1.50. The lowest BCUT2D eigenvalue weighted by atomic mass is 9.98. The van der Waals surface area contributed by atoms with Crippen molar-refractivity contribution in [3.05, 3.63) is 0 Å². The molecule has 0 aromatic rings. The van der Waals surface area contributed by atoms with Crippen LogP contribution in [0.25, 0.3) is 0 Å². The molecule has 0 amide bonds. The first kappa shape index (κ1) is 14.2. The predicted molar refractivity (Wildman–Crippen MR) is 60.7 cm³/mol. The molecule has 0 heterocycles. The standard InChI is InChI=1S/C11H23ClO2/c1-11(2,14)8-7-10(13)6-4-3-5-9-12/h10,13-14H,3-9H2,1-2H3/t10-/m1/s1. The van der Waals surface area contributed by atoms with Gasteiger partial charge < -0.3 is 10.2 Å². The Morgan fingerprint density at radius 1 is 1.14 bits per heavy atom. The summed E-state index contributed by atoms with van der Waals surface area (Å²) in [6.07, 6.45) is 5.04. The van der Waals surface area contributed by atoms with Crippen LogP contribution in [0, 0.1) is 0 Å². The lowest BCUT2D eigenvalue weighted by Crippen LogP contribution is -2.21. The van der Waals surface area contributed by atoms with Crippen molar-refractivity contribution in [1.29, 1.82) is 0 Å². The molecule has 0 aromatic heterocycles. The average molecular weight is 223 g/mol. The van der Waals surface area contributed by atoms with Crippen LogP contribution in [0.5, 0.6) is 0 Å². The second-order valence-corrected chi connectivity index (χ2v) is 4.92. The van der Waals surface area contributed by atoms with E-state index in [1.807, 2.05) is 0 Å². The lowest BCUT2D eigenvalue weighted by molar-refractivity contribution is 0.0465. The van der Waals surface area contributed by atoms with Crippen LogP contribution in [0.2, 0.25) is 0 Å². The average Bonchev–Trinajstić information content (AvgIpc) is 2.08. The number of aliphatic hydroxyl groups is 2. The molecule has 0 rings (SSSR count).